The van der Waals surface area contributed by atoms with Gasteiger partial charge in [-0.15, -0.1) is 11.3 Å². The Bertz CT molecular complexity index is 1810. The van der Waals surface area contributed by atoms with E-state index in [1.807, 2.05) is 82.3 Å². The van der Waals surface area contributed by atoms with Crippen molar-refractivity contribution in [3.63, 3.8) is 0 Å². The SMILES string of the molecule is CC.CC.COc1ccc(/C=C/C(=O)c2cc(OC)c(OC)c(OC)c2)cc1OCCCCOc1cc(-c2nc3ccccc3s2)ccc1OC. The Morgan fingerprint density at radius 1 is 0.647 bits per heavy atom. The first-order chi connectivity index (χ1) is 25.0. The highest BCUT2D eigenvalue weighted by Gasteiger charge is 2.16. The van der Waals surface area contributed by atoms with Crippen LogP contribution in [0.5, 0.6) is 40.2 Å². The first kappa shape index (κ1) is 40.2. The van der Waals surface area contributed by atoms with E-state index in [2.05, 4.69) is 6.07 Å². The van der Waals surface area contributed by atoms with Crippen LogP contribution in [-0.4, -0.2) is 59.5 Å². The quantitative estimate of drug-likeness (QED) is 0.0562. The number of thiazole rings is 1. The van der Waals surface area contributed by atoms with Crippen molar-refractivity contribution in [2.24, 2.45) is 0 Å². The number of nitrogens with zero attached hydrogens (tertiary/aromatic N) is 1. The van der Waals surface area contributed by atoms with Crippen LogP contribution < -0.4 is 33.2 Å². The molecule has 0 saturated carbocycles. The molecule has 1 heterocycles. The summed E-state index contributed by atoms with van der Waals surface area (Å²) in [4.78, 5) is 17.8. The summed E-state index contributed by atoms with van der Waals surface area (Å²) in [5.74, 6) is 3.56. The Morgan fingerprint density at radius 3 is 1.78 bits per heavy atom. The van der Waals surface area contributed by atoms with Crippen LogP contribution in [-0.2, 0) is 0 Å². The fourth-order valence-electron chi connectivity index (χ4n) is 4.89. The molecule has 9 nitrogen and oxygen atoms in total. The van der Waals surface area contributed by atoms with Gasteiger partial charge in [0, 0.05) is 11.1 Å². The minimum absolute atomic E-state index is 0.218. The molecule has 5 rings (SSSR count). The van der Waals surface area contributed by atoms with Crippen LogP contribution in [0, 0.1) is 0 Å². The van der Waals surface area contributed by atoms with Crippen LogP contribution >= 0.6 is 11.3 Å². The van der Waals surface area contributed by atoms with Gasteiger partial charge < -0.3 is 33.2 Å². The third kappa shape index (κ3) is 10.6. The molecule has 10 heteroatoms. The molecule has 0 spiro atoms. The molecule has 0 bridgehead atoms. The fourth-order valence-corrected chi connectivity index (χ4v) is 5.85. The molecule has 51 heavy (non-hydrogen) atoms. The molecule has 0 saturated heterocycles. The zero-order chi connectivity index (χ0) is 37.2. The number of rotatable bonds is 16. The number of carbonyl (C=O) groups excluding carboxylic acids is 1. The number of ketones is 1. The summed E-state index contributed by atoms with van der Waals surface area (Å²) in [6.45, 7) is 8.95. The van der Waals surface area contributed by atoms with Crippen LogP contribution in [0.2, 0.25) is 0 Å². The number of unbranched alkanes of at least 4 members (excludes halogenated alkanes) is 1. The molecule has 0 fully saturated rings. The van der Waals surface area contributed by atoms with Gasteiger partial charge in [0.25, 0.3) is 0 Å². The smallest absolute Gasteiger partial charge is 0.203 e. The molecule has 0 radical (unpaired) electrons. The Hall–Kier alpha value is -5.22. The second kappa shape index (κ2) is 21.1. The highest BCUT2D eigenvalue weighted by molar-refractivity contribution is 7.21. The predicted molar refractivity (Wildman–Crippen MR) is 207 cm³/mol. The maximum atomic E-state index is 13.0. The second-order valence-electron chi connectivity index (χ2n) is 10.3. The minimum atomic E-state index is -0.218. The standard InChI is InChI=1S/C37H37NO8S.2C2H6/c1-40-29-16-13-24(12-15-28(39)26-22-33(42-3)36(44-5)34(23-26)43-4)20-31(29)45-18-8-9-19-46-32-21-25(14-17-30(32)41-2)37-38-27-10-6-7-11-35(27)47-37;2*1-2/h6-7,10-17,20-23H,8-9,18-19H2,1-5H3;2*1-2H3/b15-12+;;. The van der Waals surface area contributed by atoms with Crippen molar-refractivity contribution >= 4 is 33.4 Å². The summed E-state index contributed by atoms with van der Waals surface area (Å²) in [7, 11) is 7.76. The molecule has 5 aromatic rings. The number of methoxy groups -OCH3 is 5. The largest absolute Gasteiger partial charge is 0.493 e. The number of carbonyl (C=O) groups is 1. The van der Waals surface area contributed by atoms with Crippen molar-refractivity contribution in [2.45, 2.75) is 40.5 Å². The van der Waals surface area contributed by atoms with Crippen LogP contribution in [0.1, 0.15) is 56.5 Å². The number of benzene rings is 4. The van der Waals surface area contributed by atoms with Crippen molar-refractivity contribution in [3.05, 3.63) is 90.0 Å². The number of hydrogen-bond donors (Lipinski definition) is 0. The summed E-state index contributed by atoms with van der Waals surface area (Å²) in [6, 6.07) is 22.7. The monoisotopic (exact) mass is 715 g/mol. The van der Waals surface area contributed by atoms with Gasteiger partial charge in [-0.3, -0.25) is 4.79 Å². The lowest BCUT2D eigenvalue weighted by Gasteiger charge is -2.13. The molecule has 0 aliphatic rings. The third-order valence-electron chi connectivity index (χ3n) is 7.32. The van der Waals surface area contributed by atoms with Crippen molar-refractivity contribution in [3.8, 4) is 50.8 Å². The van der Waals surface area contributed by atoms with Gasteiger partial charge in [0.2, 0.25) is 5.75 Å². The van der Waals surface area contributed by atoms with Gasteiger partial charge >= 0.3 is 0 Å². The Kier molecular flexibility index (Phi) is 16.6. The van der Waals surface area contributed by atoms with Gasteiger partial charge in [-0.25, -0.2) is 4.98 Å². The Labute approximate surface area is 305 Å². The topological polar surface area (TPSA) is 94.6 Å². The lowest BCUT2D eigenvalue weighted by Crippen LogP contribution is -2.04. The molecule has 0 amide bonds. The van der Waals surface area contributed by atoms with Gasteiger partial charge in [0.15, 0.2) is 40.3 Å². The van der Waals surface area contributed by atoms with E-state index in [4.69, 9.17) is 38.1 Å². The van der Waals surface area contributed by atoms with Gasteiger partial charge in [-0.2, -0.15) is 0 Å². The maximum absolute atomic E-state index is 13.0. The molecule has 0 unspecified atom stereocenters. The third-order valence-corrected chi connectivity index (χ3v) is 8.41. The predicted octanol–water partition coefficient (Wildman–Crippen LogP) is 10.2. The first-order valence-corrected chi connectivity index (χ1v) is 17.8. The van der Waals surface area contributed by atoms with E-state index >= 15 is 0 Å². The highest BCUT2D eigenvalue weighted by atomic mass is 32.1. The van der Waals surface area contributed by atoms with Gasteiger partial charge in [-0.05, 0) is 79.1 Å². The summed E-state index contributed by atoms with van der Waals surface area (Å²) < 4.78 is 40.5. The summed E-state index contributed by atoms with van der Waals surface area (Å²) in [5, 5.41) is 0.934. The molecule has 1 aromatic heterocycles. The van der Waals surface area contributed by atoms with Crippen molar-refractivity contribution in [2.75, 3.05) is 48.8 Å². The molecular formula is C41H49NO8S. The number of allylic oxidation sites excluding steroid dienone is 1. The number of hydrogen-bond acceptors (Lipinski definition) is 10. The molecule has 272 valence electrons. The Morgan fingerprint density at radius 2 is 1.22 bits per heavy atom. The van der Waals surface area contributed by atoms with Crippen LogP contribution in [0.4, 0.5) is 0 Å². The lowest BCUT2D eigenvalue weighted by atomic mass is 10.1. The molecular weight excluding hydrogens is 667 g/mol. The van der Waals surface area contributed by atoms with E-state index in [9.17, 15) is 4.79 Å². The van der Waals surface area contributed by atoms with E-state index in [0.717, 1.165) is 39.2 Å². The highest BCUT2D eigenvalue weighted by Crippen LogP contribution is 2.39. The molecule has 0 atom stereocenters. The van der Waals surface area contributed by atoms with Crippen molar-refractivity contribution < 1.29 is 38.0 Å². The number of para-hydroxylation sites is 1. The Balaban J connectivity index is 0.00000169. The molecule has 0 aliphatic carbocycles. The average Bonchev–Trinajstić information content (AvgIpc) is 3.63. The summed E-state index contributed by atoms with van der Waals surface area (Å²) in [6.07, 6.45) is 4.73. The molecule has 0 N–H and O–H groups in total. The van der Waals surface area contributed by atoms with Gasteiger partial charge in [0.1, 0.15) is 5.01 Å². The van der Waals surface area contributed by atoms with E-state index in [1.165, 1.54) is 27.4 Å². The number of fused-ring (bicyclic) bond motifs is 1. The lowest BCUT2D eigenvalue weighted by molar-refractivity contribution is 0.104. The summed E-state index contributed by atoms with van der Waals surface area (Å²) in [5.41, 5.74) is 3.15. The van der Waals surface area contributed by atoms with Crippen LogP contribution in [0.25, 0.3) is 26.9 Å². The fraction of sp³-hybridized carbons (Fsp3) is 0.317. The zero-order valence-electron chi connectivity index (χ0n) is 31.0. The normalized spacial score (nSPS) is 10.4. The second-order valence-corrected chi connectivity index (χ2v) is 11.3. The molecule has 4 aromatic carbocycles. The van der Waals surface area contributed by atoms with Gasteiger partial charge in [0.05, 0.1) is 59.0 Å². The number of aromatic nitrogens is 1. The van der Waals surface area contributed by atoms with Crippen LogP contribution in [0.3, 0.4) is 0 Å². The first-order valence-electron chi connectivity index (χ1n) is 17.0. The maximum Gasteiger partial charge on any atom is 0.203 e. The van der Waals surface area contributed by atoms with Crippen molar-refractivity contribution in [1.29, 1.82) is 0 Å². The molecule has 0 aliphatic heterocycles. The zero-order valence-corrected chi connectivity index (χ0v) is 31.8. The van der Waals surface area contributed by atoms with Crippen LogP contribution in [0.15, 0.2) is 78.9 Å². The van der Waals surface area contributed by atoms with E-state index in [1.54, 1.807) is 43.8 Å². The van der Waals surface area contributed by atoms with Crippen molar-refractivity contribution in [1.82, 2.24) is 4.98 Å². The number of ether oxygens (including phenoxy) is 7. The van der Waals surface area contributed by atoms with E-state index in [0.29, 0.717) is 59.0 Å². The summed E-state index contributed by atoms with van der Waals surface area (Å²) >= 11 is 1.65. The van der Waals surface area contributed by atoms with E-state index < -0.39 is 0 Å². The minimum Gasteiger partial charge on any atom is -0.493 e. The van der Waals surface area contributed by atoms with Gasteiger partial charge in [-0.1, -0.05) is 52.0 Å². The average molecular weight is 716 g/mol. The van der Waals surface area contributed by atoms with E-state index in [-0.39, 0.29) is 5.78 Å².